The maximum absolute atomic E-state index is 11.2. The lowest BCUT2D eigenvalue weighted by atomic mass is 9.86. The van der Waals surface area contributed by atoms with E-state index in [0.29, 0.717) is 12.0 Å². The summed E-state index contributed by atoms with van der Waals surface area (Å²) in [5, 5.41) is 0. The quantitative estimate of drug-likeness (QED) is 0.121. The van der Waals surface area contributed by atoms with Gasteiger partial charge < -0.3 is 9.47 Å². The third-order valence-electron chi connectivity index (χ3n) is 8.39. The van der Waals surface area contributed by atoms with Crippen molar-refractivity contribution in [1.82, 2.24) is 0 Å². The van der Waals surface area contributed by atoms with Crippen molar-refractivity contribution in [3.63, 3.8) is 0 Å². The molecular weight excluding hydrogens is 528 g/mol. The predicted molar refractivity (Wildman–Crippen MR) is 182 cm³/mol. The first-order chi connectivity index (χ1) is 21.0. The van der Waals surface area contributed by atoms with Gasteiger partial charge in [-0.25, -0.2) is 0 Å². The van der Waals surface area contributed by atoms with E-state index in [1.807, 2.05) is 24.3 Å². The number of ether oxygens (including phenoxy) is 2. The number of hydrogen-bond acceptors (Lipinski definition) is 3. The summed E-state index contributed by atoms with van der Waals surface area (Å²) in [4.78, 5) is 11.2. The largest absolute Gasteiger partial charge is 0.494 e. The molecule has 0 bridgehead atoms. The van der Waals surface area contributed by atoms with E-state index in [-0.39, 0.29) is 5.78 Å². The van der Waals surface area contributed by atoms with Crippen LogP contribution in [0.1, 0.15) is 105 Å². The summed E-state index contributed by atoms with van der Waals surface area (Å²) in [6.45, 7) is 11.3. The van der Waals surface area contributed by atoms with Crippen molar-refractivity contribution >= 4 is 5.78 Å². The first kappa shape index (κ1) is 34.3. The number of rotatable bonds is 12. The van der Waals surface area contributed by atoms with Gasteiger partial charge in [-0.05, 0) is 88.3 Å². The summed E-state index contributed by atoms with van der Waals surface area (Å²) in [6.07, 6.45) is 18.0. The average molecular weight is 583 g/mol. The third kappa shape index (κ3) is 13.3. The molecule has 2 aliphatic rings. The fourth-order valence-corrected chi connectivity index (χ4v) is 5.11. The Kier molecular flexibility index (Phi) is 15.9. The van der Waals surface area contributed by atoms with Gasteiger partial charge in [-0.1, -0.05) is 111 Å². The van der Waals surface area contributed by atoms with Gasteiger partial charge in [0, 0.05) is 18.1 Å². The summed E-state index contributed by atoms with van der Waals surface area (Å²) in [6, 6.07) is 24.6. The molecule has 0 spiro atoms. The predicted octanol–water partition coefficient (Wildman–Crippen LogP) is 11.1. The van der Waals surface area contributed by atoms with Crippen LogP contribution in [-0.2, 0) is 4.74 Å². The summed E-state index contributed by atoms with van der Waals surface area (Å²) in [7, 11) is 0. The SMILES string of the molecule is C1CCC1.C=CC1CCCCC1OCCCCCCOc1ccc(C(C)=O)cc1.Cc1ccc(-c2ccc(C)cc2)cc1. The van der Waals surface area contributed by atoms with E-state index in [2.05, 4.69) is 75.0 Å². The maximum Gasteiger partial charge on any atom is 0.159 e. The van der Waals surface area contributed by atoms with Crippen LogP contribution in [0.5, 0.6) is 5.75 Å². The van der Waals surface area contributed by atoms with Gasteiger partial charge in [-0.3, -0.25) is 4.79 Å². The van der Waals surface area contributed by atoms with Crippen LogP contribution in [0.3, 0.4) is 0 Å². The average Bonchev–Trinajstić information content (AvgIpc) is 2.99. The molecule has 43 heavy (non-hydrogen) atoms. The molecule has 232 valence electrons. The fourth-order valence-electron chi connectivity index (χ4n) is 5.11. The highest BCUT2D eigenvalue weighted by atomic mass is 16.5. The van der Waals surface area contributed by atoms with E-state index in [1.165, 1.54) is 80.0 Å². The van der Waals surface area contributed by atoms with E-state index >= 15 is 0 Å². The number of unbranched alkanes of at least 4 members (excludes halogenated alkanes) is 3. The molecule has 2 aliphatic carbocycles. The van der Waals surface area contributed by atoms with Crippen LogP contribution in [-0.4, -0.2) is 25.1 Å². The van der Waals surface area contributed by atoms with Crippen molar-refractivity contribution in [3.05, 3.63) is 102 Å². The van der Waals surface area contributed by atoms with Crippen molar-refractivity contribution < 1.29 is 14.3 Å². The van der Waals surface area contributed by atoms with Crippen molar-refractivity contribution in [1.29, 1.82) is 0 Å². The Morgan fingerprint density at radius 3 is 1.70 bits per heavy atom. The second-order valence-electron chi connectivity index (χ2n) is 12.1. The molecule has 3 nitrogen and oxygen atoms in total. The first-order valence-corrected chi connectivity index (χ1v) is 16.6. The Labute approximate surface area is 261 Å². The Hall–Kier alpha value is -3.17. The Morgan fingerprint density at radius 2 is 1.21 bits per heavy atom. The smallest absolute Gasteiger partial charge is 0.159 e. The van der Waals surface area contributed by atoms with Crippen molar-refractivity contribution in [2.45, 2.75) is 104 Å². The number of hydrogen-bond donors (Lipinski definition) is 0. The normalized spacial score (nSPS) is 17.3. The monoisotopic (exact) mass is 582 g/mol. The number of carbonyl (C=O) groups is 1. The molecule has 0 amide bonds. The molecule has 3 aromatic carbocycles. The lowest BCUT2D eigenvalue weighted by Crippen LogP contribution is -2.26. The van der Waals surface area contributed by atoms with E-state index in [9.17, 15) is 4.79 Å². The second-order valence-corrected chi connectivity index (χ2v) is 12.1. The number of aryl methyl sites for hydroxylation is 2. The Morgan fingerprint density at radius 1 is 0.698 bits per heavy atom. The summed E-state index contributed by atoms with van der Waals surface area (Å²) < 4.78 is 11.8. The minimum atomic E-state index is 0.0846. The van der Waals surface area contributed by atoms with Gasteiger partial charge >= 0.3 is 0 Å². The highest BCUT2D eigenvalue weighted by molar-refractivity contribution is 5.94. The highest BCUT2D eigenvalue weighted by Crippen LogP contribution is 2.27. The molecule has 0 heterocycles. The summed E-state index contributed by atoms with van der Waals surface area (Å²) in [5.41, 5.74) is 5.91. The molecule has 0 radical (unpaired) electrons. The van der Waals surface area contributed by atoms with Crippen LogP contribution < -0.4 is 4.74 Å². The molecule has 3 heteroatoms. The zero-order valence-electron chi connectivity index (χ0n) is 27.0. The summed E-state index contributed by atoms with van der Waals surface area (Å²) >= 11 is 0. The van der Waals surface area contributed by atoms with Gasteiger partial charge in [0.25, 0.3) is 0 Å². The first-order valence-electron chi connectivity index (χ1n) is 16.6. The molecule has 2 fully saturated rings. The van der Waals surface area contributed by atoms with Gasteiger partial charge in [-0.15, -0.1) is 6.58 Å². The molecule has 0 aromatic heterocycles. The van der Waals surface area contributed by atoms with Crippen LogP contribution in [0, 0.1) is 19.8 Å². The van der Waals surface area contributed by atoms with Crippen molar-refractivity contribution in [2.75, 3.05) is 13.2 Å². The topological polar surface area (TPSA) is 35.5 Å². The molecule has 2 unspecified atom stereocenters. The van der Waals surface area contributed by atoms with Crippen LogP contribution in [0.25, 0.3) is 11.1 Å². The van der Waals surface area contributed by atoms with Gasteiger partial charge in [0.05, 0.1) is 12.7 Å². The number of carbonyl (C=O) groups excluding carboxylic acids is 1. The van der Waals surface area contributed by atoms with Crippen LogP contribution in [0.4, 0.5) is 0 Å². The molecule has 0 aliphatic heterocycles. The molecule has 2 saturated carbocycles. The Balaban J connectivity index is 0.000000232. The highest BCUT2D eigenvalue weighted by Gasteiger charge is 2.22. The van der Waals surface area contributed by atoms with E-state index < -0.39 is 0 Å². The molecule has 0 saturated heterocycles. The molecule has 3 aromatic rings. The second kappa shape index (κ2) is 19.9. The molecular formula is C40H54O3. The molecule has 2 atom stereocenters. The number of benzene rings is 3. The van der Waals surface area contributed by atoms with Crippen LogP contribution >= 0.6 is 0 Å². The zero-order valence-corrected chi connectivity index (χ0v) is 27.0. The molecule has 5 rings (SSSR count). The Bertz CT molecular complexity index is 1130. The molecule has 0 N–H and O–H groups in total. The van der Waals surface area contributed by atoms with Crippen molar-refractivity contribution in [3.8, 4) is 16.9 Å². The maximum atomic E-state index is 11.2. The van der Waals surface area contributed by atoms with Crippen LogP contribution in [0.2, 0.25) is 0 Å². The lowest BCUT2D eigenvalue weighted by Gasteiger charge is -2.29. The fraction of sp³-hybridized carbons (Fsp3) is 0.475. The third-order valence-corrected chi connectivity index (χ3v) is 8.39. The number of Topliss-reactive ketones (excluding diaryl/α,β-unsaturated/α-hetero) is 1. The lowest BCUT2D eigenvalue weighted by molar-refractivity contribution is 0.00207. The zero-order chi connectivity index (χ0) is 30.7. The standard InChI is InChI=1S/C22H32O3.C14H14.C4H8/c1-3-19-10-6-7-11-22(19)25-17-9-5-4-8-16-24-21-14-12-20(13-15-21)18(2)23;1-11-3-7-13(8-4-11)14-9-5-12(2)6-10-14;1-2-4-3-1/h3,12-15,19,22H,1,4-11,16-17H2,2H3;3-10H,1-2H3;1-4H2. The van der Waals surface area contributed by atoms with Gasteiger partial charge in [0.2, 0.25) is 0 Å². The van der Waals surface area contributed by atoms with E-state index in [1.54, 1.807) is 6.92 Å². The summed E-state index contributed by atoms with van der Waals surface area (Å²) in [5.74, 6) is 1.47. The van der Waals surface area contributed by atoms with Gasteiger partial charge in [0.15, 0.2) is 5.78 Å². The van der Waals surface area contributed by atoms with E-state index in [0.717, 1.165) is 43.8 Å². The van der Waals surface area contributed by atoms with Crippen LogP contribution in [0.15, 0.2) is 85.5 Å². The van der Waals surface area contributed by atoms with Crippen molar-refractivity contribution in [2.24, 2.45) is 5.92 Å². The minimum absolute atomic E-state index is 0.0846. The van der Waals surface area contributed by atoms with Gasteiger partial charge in [0.1, 0.15) is 5.75 Å². The minimum Gasteiger partial charge on any atom is -0.494 e. The van der Waals surface area contributed by atoms with E-state index in [4.69, 9.17) is 9.47 Å². The van der Waals surface area contributed by atoms with Gasteiger partial charge in [-0.2, -0.15) is 0 Å². The number of ketones is 1.